The number of benzene rings is 1. The molecule has 2 aromatic rings. The standard InChI is InChI=1S/C16H16FN3O2/c1-22-14-6-4-5-11(17)15(14)12-9-18-10-13(19-12)16(21)20-7-2-3-8-20/h4-6,9-10H,2-3,7-8H2,1H3. The van der Waals surface area contributed by atoms with E-state index in [9.17, 15) is 9.18 Å². The molecular formula is C16H16FN3O2. The van der Waals surface area contributed by atoms with Gasteiger partial charge in [-0.15, -0.1) is 0 Å². The van der Waals surface area contributed by atoms with E-state index in [1.165, 1.54) is 25.6 Å². The molecule has 1 aromatic heterocycles. The van der Waals surface area contributed by atoms with Crippen molar-refractivity contribution in [2.75, 3.05) is 20.2 Å². The Hall–Kier alpha value is -2.50. The van der Waals surface area contributed by atoms with E-state index in [1.54, 1.807) is 17.0 Å². The molecule has 3 rings (SSSR count). The fourth-order valence-electron chi connectivity index (χ4n) is 2.59. The number of aromatic nitrogens is 2. The van der Waals surface area contributed by atoms with Crippen LogP contribution >= 0.6 is 0 Å². The highest BCUT2D eigenvalue weighted by Crippen LogP contribution is 2.30. The minimum absolute atomic E-state index is 0.165. The van der Waals surface area contributed by atoms with Crippen LogP contribution in [0, 0.1) is 5.82 Å². The number of hydrogen-bond acceptors (Lipinski definition) is 4. The van der Waals surface area contributed by atoms with Crippen molar-refractivity contribution in [2.24, 2.45) is 0 Å². The van der Waals surface area contributed by atoms with E-state index < -0.39 is 5.82 Å². The Morgan fingerprint density at radius 1 is 1.27 bits per heavy atom. The molecule has 0 spiro atoms. The zero-order valence-electron chi connectivity index (χ0n) is 12.3. The number of carbonyl (C=O) groups excluding carboxylic acids is 1. The molecule has 2 heterocycles. The van der Waals surface area contributed by atoms with Gasteiger partial charge in [0.1, 0.15) is 17.3 Å². The summed E-state index contributed by atoms with van der Waals surface area (Å²) in [6, 6.07) is 4.54. The zero-order valence-corrected chi connectivity index (χ0v) is 12.3. The molecule has 1 amide bonds. The second-order valence-electron chi connectivity index (χ2n) is 5.11. The van der Waals surface area contributed by atoms with Crippen LogP contribution < -0.4 is 4.74 Å². The maximum Gasteiger partial charge on any atom is 0.274 e. The lowest BCUT2D eigenvalue weighted by molar-refractivity contribution is 0.0786. The number of rotatable bonds is 3. The summed E-state index contributed by atoms with van der Waals surface area (Å²) < 4.78 is 19.3. The highest BCUT2D eigenvalue weighted by Gasteiger charge is 2.22. The maximum atomic E-state index is 14.1. The largest absolute Gasteiger partial charge is 0.496 e. The summed E-state index contributed by atoms with van der Waals surface area (Å²) in [5.41, 5.74) is 0.735. The van der Waals surface area contributed by atoms with Crippen molar-refractivity contribution in [2.45, 2.75) is 12.8 Å². The van der Waals surface area contributed by atoms with E-state index in [0.717, 1.165) is 25.9 Å². The van der Waals surface area contributed by atoms with Gasteiger partial charge in [-0.05, 0) is 25.0 Å². The van der Waals surface area contributed by atoms with Crippen LogP contribution in [0.2, 0.25) is 0 Å². The Balaban J connectivity index is 2.00. The number of likely N-dealkylation sites (tertiary alicyclic amines) is 1. The first kappa shape index (κ1) is 14.4. The number of ether oxygens (including phenoxy) is 1. The molecule has 1 aliphatic rings. The third-order valence-electron chi connectivity index (χ3n) is 3.70. The van der Waals surface area contributed by atoms with Crippen LogP contribution in [-0.4, -0.2) is 41.0 Å². The molecule has 1 saturated heterocycles. The first-order valence-corrected chi connectivity index (χ1v) is 7.15. The van der Waals surface area contributed by atoms with Gasteiger partial charge < -0.3 is 9.64 Å². The van der Waals surface area contributed by atoms with E-state index in [-0.39, 0.29) is 17.2 Å². The molecule has 6 heteroatoms. The number of amides is 1. The third kappa shape index (κ3) is 2.64. The smallest absolute Gasteiger partial charge is 0.274 e. The fourth-order valence-corrected chi connectivity index (χ4v) is 2.59. The quantitative estimate of drug-likeness (QED) is 0.874. The number of methoxy groups -OCH3 is 1. The van der Waals surface area contributed by atoms with Crippen LogP contribution in [0.5, 0.6) is 5.75 Å². The lowest BCUT2D eigenvalue weighted by Gasteiger charge is -2.15. The maximum absolute atomic E-state index is 14.1. The van der Waals surface area contributed by atoms with Crippen LogP contribution in [0.3, 0.4) is 0 Å². The van der Waals surface area contributed by atoms with Crippen molar-refractivity contribution in [3.8, 4) is 17.0 Å². The van der Waals surface area contributed by atoms with E-state index in [2.05, 4.69) is 9.97 Å². The Morgan fingerprint density at radius 3 is 2.77 bits per heavy atom. The van der Waals surface area contributed by atoms with E-state index in [0.29, 0.717) is 11.4 Å². The molecule has 114 valence electrons. The van der Waals surface area contributed by atoms with E-state index in [4.69, 9.17) is 4.74 Å². The van der Waals surface area contributed by atoms with Gasteiger partial charge in [0, 0.05) is 13.1 Å². The molecule has 0 N–H and O–H groups in total. The lowest BCUT2D eigenvalue weighted by atomic mass is 10.1. The highest BCUT2D eigenvalue weighted by molar-refractivity contribution is 5.92. The van der Waals surface area contributed by atoms with Crippen molar-refractivity contribution >= 4 is 5.91 Å². The molecule has 0 atom stereocenters. The summed E-state index contributed by atoms with van der Waals surface area (Å²) in [4.78, 5) is 22.4. The molecule has 0 bridgehead atoms. The van der Waals surface area contributed by atoms with Crippen molar-refractivity contribution in [1.82, 2.24) is 14.9 Å². The van der Waals surface area contributed by atoms with Crippen LogP contribution in [0.15, 0.2) is 30.6 Å². The second kappa shape index (κ2) is 6.09. The SMILES string of the molecule is COc1cccc(F)c1-c1cncc(C(=O)N2CCCC2)n1. The Labute approximate surface area is 127 Å². The molecule has 1 aliphatic heterocycles. The molecule has 0 saturated carbocycles. The van der Waals surface area contributed by atoms with Gasteiger partial charge in [0.05, 0.1) is 30.8 Å². The summed E-state index contributed by atoms with van der Waals surface area (Å²) >= 11 is 0. The summed E-state index contributed by atoms with van der Waals surface area (Å²) in [6.07, 6.45) is 4.85. The van der Waals surface area contributed by atoms with Gasteiger partial charge in [-0.3, -0.25) is 9.78 Å². The van der Waals surface area contributed by atoms with Crippen molar-refractivity contribution < 1.29 is 13.9 Å². The summed E-state index contributed by atoms with van der Waals surface area (Å²) in [7, 11) is 1.46. The Kier molecular flexibility index (Phi) is 4.00. The molecule has 0 radical (unpaired) electrons. The Bertz CT molecular complexity index is 700. The van der Waals surface area contributed by atoms with Gasteiger partial charge >= 0.3 is 0 Å². The fraction of sp³-hybridized carbons (Fsp3) is 0.312. The van der Waals surface area contributed by atoms with E-state index in [1.807, 2.05) is 0 Å². The summed E-state index contributed by atoms with van der Waals surface area (Å²) in [5.74, 6) is -0.262. The first-order valence-electron chi connectivity index (χ1n) is 7.15. The van der Waals surface area contributed by atoms with Gasteiger partial charge in [0.15, 0.2) is 0 Å². The van der Waals surface area contributed by atoms with Crippen LogP contribution in [-0.2, 0) is 0 Å². The molecule has 5 nitrogen and oxygen atoms in total. The number of carbonyl (C=O) groups is 1. The van der Waals surface area contributed by atoms with Crippen molar-refractivity contribution in [1.29, 1.82) is 0 Å². The lowest BCUT2D eigenvalue weighted by Crippen LogP contribution is -2.28. The van der Waals surface area contributed by atoms with Gasteiger partial charge in [0.25, 0.3) is 5.91 Å². The topological polar surface area (TPSA) is 55.3 Å². The normalized spacial score (nSPS) is 14.2. The van der Waals surface area contributed by atoms with Crippen LogP contribution in [0.1, 0.15) is 23.3 Å². The van der Waals surface area contributed by atoms with Gasteiger partial charge in [-0.25, -0.2) is 9.37 Å². The number of nitrogens with zero attached hydrogens (tertiary/aromatic N) is 3. The number of halogens is 1. The molecule has 1 aromatic carbocycles. The summed E-state index contributed by atoms with van der Waals surface area (Å²) in [5, 5.41) is 0. The predicted octanol–water partition coefficient (Wildman–Crippen LogP) is 2.53. The highest BCUT2D eigenvalue weighted by atomic mass is 19.1. The van der Waals surface area contributed by atoms with Crippen LogP contribution in [0.25, 0.3) is 11.3 Å². The van der Waals surface area contributed by atoms with Crippen LogP contribution in [0.4, 0.5) is 4.39 Å². The molecule has 0 unspecified atom stereocenters. The van der Waals surface area contributed by atoms with Gasteiger partial charge in [-0.1, -0.05) is 6.07 Å². The van der Waals surface area contributed by atoms with Gasteiger partial charge in [-0.2, -0.15) is 0 Å². The minimum atomic E-state index is -0.459. The van der Waals surface area contributed by atoms with Crippen molar-refractivity contribution in [3.05, 3.63) is 42.1 Å². The van der Waals surface area contributed by atoms with Crippen molar-refractivity contribution in [3.63, 3.8) is 0 Å². The first-order chi connectivity index (χ1) is 10.7. The minimum Gasteiger partial charge on any atom is -0.496 e. The molecule has 1 fully saturated rings. The number of hydrogen-bond donors (Lipinski definition) is 0. The van der Waals surface area contributed by atoms with E-state index >= 15 is 0 Å². The third-order valence-corrected chi connectivity index (χ3v) is 3.70. The average molecular weight is 301 g/mol. The van der Waals surface area contributed by atoms with Gasteiger partial charge in [0.2, 0.25) is 0 Å². The second-order valence-corrected chi connectivity index (χ2v) is 5.11. The monoisotopic (exact) mass is 301 g/mol. The summed E-state index contributed by atoms with van der Waals surface area (Å²) in [6.45, 7) is 1.46. The Morgan fingerprint density at radius 2 is 2.05 bits per heavy atom. The molecular weight excluding hydrogens is 285 g/mol. The molecule has 0 aliphatic carbocycles. The predicted molar refractivity (Wildman–Crippen MR) is 79.1 cm³/mol. The zero-order chi connectivity index (χ0) is 15.5. The molecule has 22 heavy (non-hydrogen) atoms. The average Bonchev–Trinajstić information content (AvgIpc) is 3.08.